The third-order valence-corrected chi connectivity index (χ3v) is 1.56. The summed E-state index contributed by atoms with van der Waals surface area (Å²) in [4.78, 5) is 24.0. The highest BCUT2D eigenvalue weighted by atomic mass is 16.5. The molecule has 0 saturated heterocycles. The largest absolute Gasteiger partial charge is 0.466 e. The van der Waals surface area contributed by atoms with Crippen LogP contribution in [0.3, 0.4) is 0 Å². The summed E-state index contributed by atoms with van der Waals surface area (Å²) in [5.41, 5.74) is 0. The molecular formula is C7H9NO3. The van der Waals surface area contributed by atoms with Gasteiger partial charge in [-0.1, -0.05) is 0 Å². The molecule has 11 heavy (non-hydrogen) atoms. The molecule has 0 radical (unpaired) electrons. The lowest BCUT2D eigenvalue weighted by atomic mass is 10.4. The first kappa shape index (κ1) is 7.95. The van der Waals surface area contributed by atoms with Crippen molar-refractivity contribution >= 4 is 12.0 Å². The van der Waals surface area contributed by atoms with Crippen LogP contribution in [-0.4, -0.2) is 24.7 Å². The second kappa shape index (κ2) is 3.30. The summed E-state index contributed by atoms with van der Waals surface area (Å²) >= 11 is 0. The zero-order chi connectivity index (χ0) is 8.27. The summed E-state index contributed by atoms with van der Waals surface area (Å²) in [6, 6.07) is -0.161. The number of isocyanates is 1. The van der Waals surface area contributed by atoms with Gasteiger partial charge in [0.1, 0.15) is 0 Å². The smallest absolute Gasteiger partial charge is 0.311 e. The fourth-order valence-corrected chi connectivity index (χ4v) is 0.895. The van der Waals surface area contributed by atoms with E-state index in [-0.39, 0.29) is 17.9 Å². The van der Waals surface area contributed by atoms with Crippen LogP contribution in [0.5, 0.6) is 0 Å². The van der Waals surface area contributed by atoms with E-state index >= 15 is 0 Å². The highest BCUT2D eigenvalue weighted by Gasteiger charge is 2.44. The van der Waals surface area contributed by atoms with Crippen molar-refractivity contribution in [3.8, 4) is 0 Å². The second-order valence-electron chi connectivity index (χ2n) is 2.38. The predicted octanol–water partition coefficient (Wildman–Crippen LogP) is 0.274. The summed E-state index contributed by atoms with van der Waals surface area (Å²) in [5, 5.41) is 0. The third-order valence-electron chi connectivity index (χ3n) is 1.56. The normalized spacial score (nSPS) is 27.0. The molecule has 0 aromatic heterocycles. The molecule has 2 unspecified atom stereocenters. The van der Waals surface area contributed by atoms with Gasteiger partial charge in [0.05, 0.1) is 18.6 Å². The number of hydrogen-bond acceptors (Lipinski definition) is 4. The van der Waals surface area contributed by atoms with Gasteiger partial charge in [0.25, 0.3) is 0 Å². The molecule has 0 aliphatic heterocycles. The van der Waals surface area contributed by atoms with E-state index < -0.39 is 0 Å². The molecule has 60 valence electrons. The highest BCUT2D eigenvalue weighted by molar-refractivity contribution is 5.76. The summed E-state index contributed by atoms with van der Waals surface area (Å²) < 4.78 is 4.71. The van der Waals surface area contributed by atoms with E-state index in [0.717, 1.165) is 0 Å². The Kier molecular flexibility index (Phi) is 2.39. The van der Waals surface area contributed by atoms with Gasteiger partial charge in [0.2, 0.25) is 6.08 Å². The van der Waals surface area contributed by atoms with Gasteiger partial charge in [0.15, 0.2) is 0 Å². The van der Waals surface area contributed by atoms with Gasteiger partial charge in [-0.25, -0.2) is 9.79 Å². The van der Waals surface area contributed by atoms with Crippen molar-refractivity contribution in [1.82, 2.24) is 0 Å². The first-order valence-electron chi connectivity index (χ1n) is 3.53. The number of esters is 1. The van der Waals surface area contributed by atoms with Crippen molar-refractivity contribution in [3.63, 3.8) is 0 Å². The van der Waals surface area contributed by atoms with Crippen molar-refractivity contribution in [3.05, 3.63) is 0 Å². The zero-order valence-electron chi connectivity index (χ0n) is 6.24. The average molecular weight is 155 g/mol. The molecule has 0 heterocycles. The SMILES string of the molecule is CCOC(=O)C1CC1N=C=O. The molecular weight excluding hydrogens is 146 g/mol. The molecule has 1 aliphatic carbocycles. The first-order valence-corrected chi connectivity index (χ1v) is 3.53. The van der Waals surface area contributed by atoms with Crippen LogP contribution in [0, 0.1) is 5.92 Å². The Bertz CT molecular complexity index is 208. The molecule has 0 spiro atoms. The van der Waals surface area contributed by atoms with Crippen LogP contribution in [0.2, 0.25) is 0 Å². The molecule has 0 amide bonds. The molecule has 0 aromatic carbocycles. The molecule has 0 bridgehead atoms. The maximum Gasteiger partial charge on any atom is 0.311 e. The fraction of sp³-hybridized carbons (Fsp3) is 0.714. The van der Waals surface area contributed by atoms with Crippen molar-refractivity contribution in [2.75, 3.05) is 6.61 Å². The van der Waals surface area contributed by atoms with Gasteiger partial charge in [-0.05, 0) is 13.3 Å². The topological polar surface area (TPSA) is 55.7 Å². The van der Waals surface area contributed by atoms with E-state index in [9.17, 15) is 9.59 Å². The molecule has 0 aromatic rings. The summed E-state index contributed by atoms with van der Waals surface area (Å²) in [5.74, 6) is -0.437. The quantitative estimate of drug-likeness (QED) is 0.334. The molecule has 1 saturated carbocycles. The van der Waals surface area contributed by atoms with Gasteiger partial charge < -0.3 is 4.74 Å². The van der Waals surface area contributed by atoms with Crippen molar-refractivity contribution in [2.45, 2.75) is 19.4 Å². The molecule has 0 N–H and O–H groups in total. The second-order valence-corrected chi connectivity index (χ2v) is 2.38. The highest BCUT2D eigenvalue weighted by Crippen LogP contribution is 2.34. The van der Waals surface area contributed by atoms with Gasteiger partial charge >= 0.3 is 5.97 Å². The molecule has 1 aliphatic rings. The van der Waals surface area contributed by atoms with Crippen LogP contribution in [-0.2, 0) is 14.3 Å². The Balaban J connectivity index is 2.31. The number of rotatable bonds is 3. The van der Waals surface area contributed by atoms with Crippen LogP contribution in [0.15, 0.2) is 4.99 Å². The number of hydrogen-bond donors (Lipinski definition) is 0. The third kappa shape index (κ3) is 1.88. The minimum Gasteiger partial charge on any atom is -0.466 e. The Morgan fingerprint density at radius 1 is 1.82 bits per heavy atom. The number of aliphatic imine (C=N–C) groups is 1. The van der Waals surface area contributed by atoms with Crippen molar-refractivity contribution in [2.24, 2.45) is 10.9 Å². The Morgan fingerprint density at radius 3 is 3.09 bits per heavy atom. The van der Waals surface area contributed by atoms with E-state index in [1.54, 1.807) is 6.92 Å². The number of carbonyl (C=O) groups is 1. The summed E-state index contributed by atoms with van der Waals surface area (Å²) in [6.45, 7) is 2.13. The Morgan fingerprint density at radius 2 is 2.55 bits per heavy atom. The lowest BCUT2D eigenvalue weighted by Gasteiger charge is -1.96. The van der Waals surface area contributed by atoms with E-state index in [2.05, 4.69) is 4.99 Å². The fourth-order valence-electron chi connectivity index (χ4n) is 0.895. The lowest BCUT2D eigenvalue weighted by molar-refractivity contribution is -0.144. The first-order chi connectivity index (χ1) is 5.29. The number of carbonyl (C=O) groups excluding carboxylic acids is 2. The molecule has 2 atom stereocenters. The maximum atomic E-state index is 10.9. The maximum absolute atomic E-state index is 10.9. The van der Waals surface area contributed by atoms with E-state index in [4.69, 9.17) is 4.74 Å². The minimum atomic E-state index is -0.253. The van der Waals surface area contributed by atoms with Gasteiger partial charge in [0, 0.05) is 0 Å². The van der Waals surface area contributed by atoms with Crippen molar-refractivity contribution < 1.29 is 14.3 Å². The molecule has 1 fully saturated rings. The van der Waals surface area contributed by atoms with Crippen LogP contribution in [0.4, 0.5) is 0 Å². The van der Waals surface area contributed by atoms with E-state index in [1.165, 1.54) is 6.08 Å². The lowest BCUT2D eigenvalue weighted by Crippen LogP contribution is -2.08. The molecule has 4 heteroatoms. The van der Waals surface area contributed by atoms with Crippen LogP contribution >= 0.6 is 0 Å². The Hall–Kier alpha value is -1.15. The zero-order valence-corrected chi connectivity index (χ0v) is 6.24. The van der Waals surface area contributed by atoms with Crippen molar-refractivity contribution in [1.29, 1.82) is 0 Å². The van der Waals surface area contributed by atoms with Crippen LogP contribution in [0.25, 0.3) is 0 Å². The van der Waals surface area contributed by atoms with Gasteiger partial charge in [-0.15, -0.1) is 0 Å². The predicted molar refractivity (Wildman–Crippen MR) is 36.6 cm³/mol. The number of ether oxygens (including phenoxy) is 1. The van der Waals surface area contributed by atoms with Crippen LogP contribution < -0.4 is 0 Å². The van der Waals surface area contributed by atoms with E-state index in [0.29, 0.717) is 13.0 Å². The van der Waals surface area contributed by atoms with E-state index in [1.807, 2.05) is 0 Å². The van der Waals surface area contributed by atoms with Crippen LogP contribution in [0.1, 0.15) is 13.3 Å². The molecule has 1 rings (SSSR count). The average Bonchev–Trinajstić information content (AvgIpc) is 2.69. The summed E-state index contributed by atoms with van der Waals surface area (Å²) in [6.07, 6.45) is 2.06. The molecule has 4 nitrogen and oxygen atoms in total. The minimum absolute atomic E-state index is 0.161. The van der Waals surface area contributed by atoms with Gasteiger partial charge in [-0.2, -0.15) is 0 Å². The number of nitrogens with zero attached hydrogens (tertiary/aromatic N) is 1. The summed E-state index contributed by atoms with van der Waals surface area (Å²) in [7, 11) is 0. The van der Waals surface area contributed by atoms with Gasteiger partial charge in [-0.3, -0.25) is 4.79 Å². The standard InChI is InChI=1S/C7H9NO3/c1-2-11-7(10)5-3-6(5)8-4-9/h5-6H,2-3H2,1H3. The monoisotopic (exact) mass is 155 g/mol. The Labute approximate surface area is 64.3 Å².